The SMILES string of the molecule is CNCc1cc(C(=O)NCCN(C)C)ccc1Oc1cccc(C)c1. The van der Waals surface area contributed by atoms with Crippen LogP contribution in [0.1, 0.15) is 21.5 Å². The Labute approximate surface area is 150 Å². The van der Waals surface area contributed by atoms with E-state index in [1.165, 1.54) is 0 Å². The first-order valence-electron chi connectivity index (χ1n) is 8.44. The summed E-state index contributed by atoms with van der Waals surface area (Å²) in [7, 11) is 5.84. The van der Waals surface area contributed by atoms with E-state index in [1.807, 2.05) is 69.4 Å². The van der Waals surface area contributed by atoms with E-state index < -0.39 is 0 Å². The number of aryl methyl sites for hydroxylation is 1. The molecule has 0 spiro atoms. The van der Waals surface area contributed by atoms with E-state index in [0.717, 1.165) is 29.2 Å². The second kappa shape index (κ2) is 9.20. The van der Waals surface area contributed by atoms with Gasteiger partial charge in [0, 0.05) is 30.8 Å². The lowest BCUT2D eigenvalue weighted by atomic mass is 10.1. The molecule has 134 valence electrons. The highest BCUT2D eigenvalue weighted by Crippen LogP contribution is 2.27. The van der Waals surface area contributed by atoms with Gasteiger partial charge in [-0.05, 0) is 64.0 Å². The summed E-state index contributed by atoms with van der Waals surface area (Å²) in [6, 6.07) is 13.5. The second-order valence-electron chi connectivity index (χ2n) is 6.33. The van der Waals surface area contributed by atoms with Gasteiger partial charge in [-0.1, -0.05) is 12.1 Å². The summed E-state index contributed by atoms with van der Waals surface area (Å²) in [6.07, 6.45) is 0. The topological polar surface area (TPSA) is 53.6 Å². The van der Waals surface area contributed by atoms with Crippen LogP contribution in [-0.4, -0.2) is 45.0 Å². The van der Waals surface area contributed by atoms with Crippen LogP contribution in [0.15, 0.2) is 42.5 Å². The molecule has 25 heavy (non-hydrogen) atoms. The van der Waals surface area contributed by atoms with Crippen molar-refractivity contribution in [2.24, 2.45) is 0 Å². The summed E-state index contributed by atoms with van der Waals surface area (Å²) < 4.78 is 6.01. The molecule has 2 N–H and O–H groups in total. The van der Waals surface area contributed by atoms with Gasteiger partial charge in [0.15, 0.2) is 0 Å². The first-order chi connectivity index (χ1) is 12.0. The summed E-state index contributed by atoms with van der Waals surface area (Å²) >= 11 is 0. The maximum Gasteiger partial charge on any atom is 0.251 e. The number of hydrogen-bond donors (Lipinski definition) is 2. The largest absolute Gasteiger partial charge is 0.457 e. The van der Waals surface area contributed by atoms with Crippen molar-refractivity contribution in [3.63, 3.8) is 0 Å². The van der Waals surface area contributed by atoms with E-state index in [0.29, 0.717) is 18.7 Å². The highest BCUT2D eigenvalue weighted by Gasteiger charge is 2.11. The maximum atomic E-state index is 12.3. The van der Waals surface area contributed by atoms with Crippen LogP contribution in [0.25, 0.3) is 0 Å². The molecule has 0 aromatic heterocycles. The second-order valence-corrected chi connectivity index (χ2v) is 6.33. The van der Waals surface area contributed by atoms with Crippen LogP contribution >= 0.6 is 0 Å². The molecule has 5 heteroatoms. The van der Waals surface area contributed by atoms with E-state index >= 15 is 0 Å². The number of rotatable bonds is 8. The maximum absolute atomic E-state index is 12.3. The van der Waals surface area contributed by atoms with Gasteiger partial charge in [0.2, 0.25) is 0 Å². The molecule has 5 nitrogen and oxygen atoms in total. The molecule has 0 radical (unpaired) electrons. The lowest BCUT2D eigenvalue weighted by Gasteiger charge is -2.14. The number of benzene rings is 2. The fraction of sp³-hybridized carbons (Fsp3) is 0.350. The van der Waals surface area contributed by atoms with Crippen LogP contribution in [0.2, 0.25) is 0 Å². The average Bonchev–Trinajstić information content (AvgIpc) is 2.56. The van der Waals surface area contributed by atoms with Crippen molar-refractivity contribution in [2.45, 2.75) is 13.5 Å². The van der Waals surface area contributed by atoms with Crippen molar-refractivity contribution in [1.29, 1.82) is 0 Å². The van der Waals surface area contributed by atoms with E-state index in [1.54, 1.807) is 6.07 Å². The van der Waals surface area contributed by atoms with Crippen molar-refractivity contribution in [1.82, 2.24) is 15.5 Å². The van der Waals surface area contributed by atoms with E-state index in [4.69, 9.17) is 4.74 Å². The Kier molecular flexibility index (Phi) is 6.98. The minimum Gasteiger partial charge on any atom is -0.457 e. The highest BCUT2D eigenvalue weighted by molar-refractivity contribution is 5.94. The quantitative estimate of drug-likeness (QED) is 0.775. The molecule has 0 saturated heterocycles. The summed E-state index contributed by atoms with van der Waals surface area (Å²) in [5.41, 5.74) is 2.73. The summed E-state index contributed by atoms with van der Waals surface area (Å²) in [6.45, 7) is 4.08. The van der Waals surface area contributed by atoms with E-state index in [9.17, 15) is 4.79 Å². The first-order valence-corrected chi connectivity index (χ1v) is 8.44. The molecule has 0 unspecified atom stereocenters. The molecule has 0 fully saturated rings. The van der Waals surface area contributed by atoms with Gasteiger partial charge in [-0.25, -0.2) is 0 Å². The number of nitrogens with zero attached hydrogens (tertiary/aromatic N) is 1. The van der Waals surface area contributed by atoms with Gasteiger partial charge >= 0.3 is 0 Å². The minimum absolute atomic E-state index is 0.0682. The summed E-state index contributed by atoms with van der Waals surface area (Å²) in [4.78, 5) is 14.3. The van der Waals surface area contributed by atoms with Crippen molar-refractivity contribution in [2.75, 3.05) is 34.2 Å². The fourth-order valence-electron chi connectivity index (χ4n) is 2.45. The van der Waals surface area contributed by atoms with Gasteiger partial charge in [-0.3, -0.25) is 4.79 Å². The summed E-state index contributed by atoms with van der Waals surface area (Å²) in [5, 5.41) is 6.06. The Morgan fingerprint density at radius 2 is 1.96 bits per heavy atom. The molecule has 0 saturated carbocycles. The summed E-state index contributed by atoms with van der Waals surface area (Å²) in [5.74, 6) is 1.48. The molecule has 2 aromatic rings. The van der Waals surface area contributed by atoms with Crippen molar-refractivity contribution in [3.8, 4) is 11.5 Å². The number of likely N-dealkylation sites (N-methyl/N-ethyl adjacent to an activating group) is 1. The molecule has 0 aliphatic heterocycles. The third-order valence-corrected chi connectivity index (χ3v) is 3.75. The zero-order valence-corrected chi connectivity index (χ0v) is 15.4. The Balaban J connectivity index is 2.14. The number of carbonyl (C=O) groups excluding carboxylic acids is 1. The molecule has 0 bridgehead atoms. The zero-order chi connectivity index (χ0) is 18.2. The van der Waals surface area contributed by atoms with E-state index in [-0.39, 0.29) is 5.91 Å². The highest BCUT2D eigenvalue weighted by atomic mass is 16.5. The Morgan fingerprint density at radius 1 is 1.16 bits per heavy atom. The number of hydrogen-bond acceptors (Lipinski definition) is 4. The molecule has 2 aromatic carbocycles. The van der Waals surface area contributed by atoms with Crippen LogP contribution in [0.3, 0.4) is 0 Å². The number of nitrogens with one attached hydrogen (secondary N) is 2. The van der Waals surface area contributed by atoms with Crippen LogP contribution in [0, 0.1) is 6.92 Å². The number of amides is 1. The molecular formula is C20H27N3O2. The molecule has 1 amide bonds. The van der Waals surface area contributed by atoms with Crippen LogP contribution < -0.4 is 15.4 Å². The van der Waals surface area contributed by atoms with Crippen LogP contribution in [0.4, 0.5) is 0 Å². The monoisotopic (exact) mass is 341 g/mol. The predicted octanol–water partition coefficient (Wildman–Crippen LogP) is 2.80. The van der Waals surface area contributed by atoms with Crippen LogP contribution in [0.5, 0.6) is 11.5 Å². The van der Waals surface area contributed by atoms with Crippen molar-refractivity contribution < 1.29 is 9.53 Å². The smallest absolute Gasteiger partial charge is 0.251 e. The average molecular weight is 341 g/mol. The Morgan fingerprint density at radius 3 is 2.64 bits per heavy atom. The van der Waals surface area contributed by atoms with Crippen LogP contribution in [-0.2, 0) is 6.54 Å². The third-order valence-electron chi connectivity index (χ3n) is 3.75. The lowest BCUT2D eigenvalue weighted by molar-refractivity contribution is 0.0951. The first kappa shape index (κ1) is 19.0. The standard InChI is InChI=1S/C20H27N3O2/c1-15-6-5-7-18(12-15)25-19-9-8-16(13-17(19)14-21-2)20(24)22-10-11-23(3)4/h5-9,12-13,21H,10-11,14H2,1-4H3,(H,22,24). The van der Waals surface area contributed by atoms with Crippen molar-refractivity contribution in [3.05, 3.63) is 59.2 Å². The van der Waals surface area contributed by atoms with Gasteiger partial charge < -0.3 is 20.3 Å². The Bertz CT molecular complexity index is 714. The van der Waals surface area contributed by atoms with Gasteiger partial charge in [0.1, 0.15) is 11.5 Å². The molecule has 0 aliphatic carbocycles. The van der Waals surface area contributed by atoms with Gasteiger partial charge in [-0.2, -0.15) is 0 Å². The fourth-order valence-corrected chi connectivity index (χ4v) is 2.45. The third kappa shape index (κ3) is 5.89. The normalized spacial score (nSPS) is 10.8. The molecular weight excluding hydrogens is 314 g/mol. The number of ether oxygens (including phenoxy) is 1. The van der Waals surface area contributed by atoms with Gasteiger partial charge in [0.05, 0.1) is 0 Å². The minimum atomic E-state index is -0.0682. The molecule has 2 rings (SSSR count). The molecule has 0 atom stereocenters. The number of carbonyl (C=O) groups is 1. The zero-order valence-electron chi connectivity index (χ0n) is 15.4. The van der Waals surface area contributed by atoms with E-state index in [2.05, 4.69) is 10.6 Å². The molecule has 0 heterocycles. The van der Waals surface area contributed by atoms with Gasteiger partial charge in [-0.15, -0.1) is 0 Å². The van der Waals surface area contributed by atoms with Crippen molar-refractivity contribution >= 4 is 5.91 Å². The Hall–Kier alpha value is -2.37. The predicted molar refractivity (Wildman–Crippen MR) is 101 cm³/mol. The molecule has 0 aliphatic rings. The van der Waals surface area contributed by atoms with Gasteiger partial charge in [0.25, 0.3) is 5.91 Å². The lowest BCUT2D eigenvalue weighted by Crippen LogP contribution is -2.31.